The Balaban J connectivity index is 1.79. The van der Waals surface area contributed by atoms with E-state index in [4.69, 9.17) is 34.8 Å². The Morgan fingerprint density at radius 2 is 1.93 bits per heavy atom. The van der Waals surface area contributed by atoms with Crippen LogP contribution in [0.1, 0.15) is 25.1 Å². The Morgan fingerprint density at radius 3 is 2.52 bits per heavy atom. The molecule has 1 aromatic carbocycles. The molecule has 0 spiro atoms. The number of hydrogen-bond donors (Lipinski definition) is 1. The third kappa shape index (κ3) is 5.61. The first-order valence-corrected chi connectivity index (χ1v) is 11.1. The van der Waals surface area contributed by atoms with Gasteiger partial charge < -0.3 is 10.2 Å². The average Bonchev–Trinajstić information content (AvgIpc) is 3.06. The van der Waals surface area contributed by atoms with Crippen LogP contribution in [-0.4, -0.2) is 52.3 Å². The lowest BCUT2D eigenvalue weighted by Gasteiger charge is -2.19. The van der Waals surface area contributed by atoms with Gasteiger partial charge in [-0.15, -0.1) is 11.8 Å². The van der Waals surface area contributed by atoms with Crippen LogP contribution in [0.4, 0.5) is 5.95 Å². The van der Waals surface area contributed by atoms with E-state index in [2.05, 4.69) is 32.2 Å². The zero-order valence-corrected chi connectivity index (χ0v) is 18.3. The molecule has 27 heavy (non-hydrogen) atoms. The molecule has 1 N–H and O–H groups in total. The molecule has 1 unspecified atom stereocenters. The molecule has 0 amide bonds. The number of benzene rings is 1. The summed E-state index contributed by atoms with van der Waals surface area (Å²) < 4.78 is -1.71. The maximum Gasteiger partial charge on any atom is 0.250 e. The maximum absolute atomic E-state index is 6.03. The second-order valence-electron chi connectivity index (χ2n) is 6.52. The van der Waals surface area contributed by atoms with Crippen molar-refractivity contribution in [3.05, 3.63) is 30.1 Å². The Bertz CT molecular complexity index is 767. The number of halogens is 3. The average molecular weight is 447 g/mol. The number of nitrogens with zero attached hydrogens (tertiary/aromatic N) is 4. The molecular weight excluding hydrogens is 425 g/mol. The van der Waals surface area contributed by atoms with Gasteiger partial charge in [-0.05, 0) is 51.2 Å². The first kappa shape index (κ1) is 20.9. The molecule has 3 rings (SSSR count). The summed E-state index contributed by atoms with van der Waals surface area (Å²) in [4.78, 5) is 16.7. The molecule has 0 radical (unpaired) electrons. The van der Waals surface area contributed by atoms with Crippen molar-refractivity contribution < 1.29 is 0 Å². The van der Waals surface area contributed by atoms with Gasteiger partial charge in [0.2, 0.25) is 9.74 Å². The van der Waals surface area contributed by atoms with Crippen molar-refractivity contribution in [2.45, 2.75) is 34.0 Å². The van der Waals surface area contributed by atoms with Crippen molar-refractivity contribution in [1.29, 1.82) is 0 Å². The third-order valence-electron chi connectivity index (χ3n) is 4.67. The van der Waals surface area contributed by atoms with Crippen molar-refractivity contribution in [2.24, 2.45) is 0 Å². The van der Waals surface area contributed by atoms with Gasteiger partial charge in [-0.1, -0.05) is 46.9 Å². The first-order valence-electron chi connectivity index (χ1n) is 8.78. The summed E-state index contributed by atoms with van der Waals surface area (Å²) in [5.74, 6) is 1.03. The standard InChI is InChI=1S/C18H22Cl3N5S/c1-26-11-3-4-13(26)9-10-22-17-24-15(23-16(25-17)18(19,20)21)12-5-7-14(27-2)8-6-12/h5-8,13H,3-4,9-11H2,1-2H3,(H,22,23,24,25). The molecule has 9 heteroatoms. The van der Waals surface area contributed by atoms with E-state index in [1.54, 1.807) is 11.8 Å². The van der Waals surface area contributed by atoms with Crippen LogP contribution in [0, 0.1) is 0 Å². The van der Waals surface area contributed by atoms with E-state index in [-0.39, 0.29) is 5.82 Å². The topological polar surface area (TPSA) is 53.9 Å². The number of alkyl halides is 3. The number of rotatable bonds is 6. The maximum atomic E-state index is 6.03. The molecule has 2 heterocycles. The SMILES string of the molecule is CSc1ccc(-c2nc(NCCC3CCCN3C)nc(C(Cl)(Cl)Cl)n2)cc1. The van der Waals surface area contributed by atoms with Crippen molar-refractivity contribution in [3.63, 3.8) is 0 Å². The second kappa shape index (κ2) is 9.14. The third-order valence-corrected chi connectivity index (χ3v) is 5.92. The van der Waals surface area contributed by atoms with Crippen LogP contribution in [0.3, 0.4) is 0 Å². The van der Waals surface area contributed by atoms with Crippen molar-refractivity contribution in [2.75, 3.05) is 31.7 Å². The lowest BCUT2D eigenvalue weighted by molar-refractivity contribution is 0.301. The molecule has 1 fully saturated rings. The van der Waals surface area contributed by atoms with Gasteiger partial charge in [0.05, 0.1) is 0 Å². The minimum Gasteiger partial charge on any atom is -0.354 e. The number of anilines is 1. The Kier molecular flexibility index (Phi) is 7.08. The molecule has 0 saturated carbocycles. The van der Waals surface area contributed by atoms with Gasteiger partial charge in [-0.2, -0.15) is 9.97 Å². The normalized spacial score (nSPS) is 18.0. The molecule has 1 saturated heterocycles. The van der Waals surface area contributed by atoms with E-state index in [0.717, 1.165) is 30.0 Å². The fourth-order valence-corrected chi connectivity index (χ4v) is 3.81. The lowest BCUT2D eigenvalue weighted by Crippen LogP contribution is -2.27. The Hall–Kier alpha value is -0.790. The molecule has 146 valence electrons. The summed E-state index contributed by atoms with van der Waals surface area (Å²) in [6, 6.07) is 8.54. The second-order valence-corrected chi connectivity index (χ2v) is 9.69. The Labute approximate surface area is 179 Å². The highest BCUT2D eigenvalue weighted by Crippen LogP contribution is 2.37. The molecule has 1 aliphatic heterocycles. The van der Waals surface area contributed by atoms with Gasteiger partial charge in [0.1, 0.15) is 0 Å². The van der Waals surface area contributed by atoms with Gasteiger partial charge in [0, 0.05) is 23.0 Å². The highest BCUT2D eigenvalue weighted by Gasteiger charge is 2.28. The summed E-state index contributed by atoms with van der Waals surface area (Å²) in [5.41, 5.74) is 0.851. The molecule has 1 atom stereocenters. The van der Waals surface area contributed by atoms with Crippen LogP contribution >= 0.6 is 46.6 Å². The fourth-order valence-electron chi connectivity index (χ4n) is 3.15. The number of aromatic nitrogens is 3. The van der Waals surface area contributed by atoms with Crippen molar-refractivity contribution >= 4 is 52.5 Å². The first-order chi connectivity index (χ1) is 12.9. The minimum atomic E-state index is -1.71. The van der Waals surface area contributed by atoms with Crippen LogP contribution in [0.15, 0.2) is 29.2 Å². The molecule has 2 aromatic rings. The monoisotopic (exact) mass is 445 g/mol. The highest BCUT2D eigenvalue weighted by atomic mass is 35.6. The zero-order chi connectivity index (χ0) is 19.4. The van der Waals surface area contributed by atoms with Crippen LogP contribution in [0.5, 0.6) is 0 Å². The molecule has 1 aliphatic rings. The molecule has 1 aromatic heterocycles. The number of thioether (sulfide) groups is 1. The predicted octanol–water partition coefficient (Wildman–Crippen LogP) is 4.98. The smallest absolute Gasteiger partial charge is 0.250 e. The van der Waals surface area contributed by atoms with Crippen LogP contribution < -0.4 is 5.32 Å². The van der Waals surface area contributed by atoms with Gasteiger partial charge in [0.25, 0.3) is 0 Å². The van der Waals surface area contributed by atoms with E-state index in [0.29, 0.717) is 17.8 Å². The summed E-state index contributed by atoms with van der Waals surface area (Å²) >= 11 is 19.8. The van der Waals surface area contributed by atoms with Crippen LogP contribution in [0.25, 0.3) is 11.4 Å². The van der Waals surface area contributed by atoms with E-state index in [9.17, 15) is 0 Å². The lowest BCUT2D eigenvalue weighted by atomic mass is 10.1. The van der Waals surface area contributed by atoms with Gasteiger partial charge in [0.15, 0.2) is 11.6 Å². The van der Waals surface area contributed by atoms with Gasteiger partial charge in [-0.3, -0.25) is 0 Å². The quantitative estimate of drug-likeness (QED) is 0.499. The molecule has 0 aliphatic carbocycles. The van der Waals surface area contributed by atoms with E-state index >= 15 is 0 Å². The van der Waals surface area contributed by atoms with E-state index < -0.39 is 3.79 Å². The van der Waals surface area contributed by atoms with Crippen LogP contribution in [0.2, 0.25) is 0 Å². The Morgan fingerprint density at radius 1 is 1.19 bits per heavy atom. The molecule has 0 bridgehead atoms. The van der Waals surface area contributed by atoms with E-state index in [1.807, 2.05) is 30.5 Å². The summed E-state index contributed by atoms with van der Waals surface area (Å²) in [5, 5.41) is 3.27. The zero-order valence-electron chi connectivity index (χ0n) is 15.3. The molecule has 5 nitrogen and oxygen atoms in total. The van der Waals surface area contributed by atoms with E-state index in [1.165, 1.54) is 12.8 Å². The fraction of sp³-hybridized carbons (Fsp3) is 0.500. The van der Waals surface area contributed by atoms with Gasteiger partial charge >= 0.3 is 0 Å². The molecular formula is C18H22Cl3N5S. The van der Waals surface area contributed by atoms with Crippen LogP contribution in [-0.2, 0) is 3.79 Å². The highest BCUT2D eigenvalue weighted by molar-refractivity contribution is 7.98. The summed E-state index contributed by atoms with van der Waals surface area (Å²) in [6.07, 6.45) is 5.52. The summed E-state index contributed by atoms with van der Waals surface area (Å²) in [6.45, 7) is 1.91. The predicted molar refractivity (Wildman–Crippen MR) is 115 cm³/mol. The largest absolute Gasteiger partial charge is 0.354 e. The van der Waals surface area contributed by atoms with Gasteiger partial charge in [-0.25, -0.2) is 4.98 Å². The number of hydrogen-bond acceptors (Lipinski definition) is 6. The van der Waals surface area contributed by atoms with Crippen molar-refractivity contribution in [3.8, 4) is 11.4 Å². The van der Waals surface area contributed by atoms with Crippen molar-refractivity contribution in [1.82, 2.24) is 19.9 Å². The number of likely N-dealkylation sites (tertiary alicyclic amines) is 1. The summed E-state index contributed by atoms with van der Waals surface area (Å²) in [7, 11) is 2.16. The number of nitrogens with one attached hydrogen (secondary N) is 1. The minimum absolute atomic E-state index is 0.118.